The third-order valence-electron chi connectivity index (χ3n) is 5.07. The lowest BCUT2D eigenvalue weighted by molar-refractivity contribution is -0.122. The fraction of sp³-hybridized carbons (Fsp3) is 0.227. The minimum absolute atomic E-state index is 0.173. The summed E-state index contributed by atoms with van der Waals surface area (Å²) in [4.78, 5) is 30.4. The van der Waals surface area contributed by atoms with E-state index in [1.54, 1.807) is 12.1 Å². The predicted octanol–water partition coefficient (Wildman–Crippen LogP) is 4.33. The number of rotatable bonds is 5. The van der Waals surface area contributed by atoms with Crippen LogP contribution in [0, 0.1) is 18.6 Å². The molecule has 0 fully saturated rings. The van der Waals surface area contributed by atoms with Gasteiger partial charge in [-0.15, -0.1) is 11.3 Å². The fourth-order valence-electron chi connectivity index (χ4n) is 3.41. The van der Waals surface area contributed by atoms with Crippen LogP contribution in [0.2, 0.25) is 0 Å². The maximum absolute atomic E-state index is 13.8. The van der Waals surface area contributed by atoms with Crippen LogP contribution in [0.3, 0.4) is 0 Å². The molecule has 5 nitrogen and oxygen atoms in total. The van der Waals surface area contributed by atoms with Gasteiger partial charge in [-0.3, -0.25) is 14.9 Å². The van der Waals surface area contributed by atoms with Crippen molar-refractivity contribution in [3.05, 3.63) is 81.4 Å². The third kappa shape index (κ3) is 4.09. The van der Waals surface area contributed by atoms with Crippen LogP contribution in [0.4, 0.5) is 13.9 Å². The van der Waals surface area contributed by atoms with Crippen molar-refractivity contribution >= 4 is 28.3 Å². The Hall–Kier alpha value is -3.13. The molecule has 0 radical (unpaired) electrons. The number of aryl methyl sites for hydroxylation is 2. The SMILES string of the molecule is Cc1ccc(C(=O)Nc2nc3c(s2)CCC3C(=O)NCc2c(F)cccc2F)cc1. The lowest BCUT2D eigenvalue weighted by Gasteiger charge is -2.11. The van der Waals surface area contributed by atoms with Gasteiger partial charge >= 0.3 is 0 Å². The van der Waals surface area contributed by atoms with Crippen molar-refractivity contribution in [2.24, 2.45) is 0 Å². The summed E-state index contributed by atoms with van der Waals surface area (Å²) < 4.78 is 27.5. The van der Waals surface area contributed by atoms with E-state index in [9.17, 15) is 18.4 Å². The number of hydrogen-bond donors (Lipinski definition) is 2. The second-order valence-corrected chi connectivity index (χ2v) is 8.24. The average molecular weight is 427 g/mol. The molecule has 2 N–H and O–H groups in total. The van der Waals surface area contributed by atoms with Gasteiger partial charge in [-0.25, -0.2) is 13.8 Å². The first-order valence-corrected chi connectivity index (χ1v) is 10.3. The quantitative estimate of drug-likeness (QED) is 0.637. The van der Waals surface area contributed by atoms with Gasteiger partial charge < -0.3 is 5.32 Å². The van der Waals surface area contributed by atoms with E-state index < -0.39 is 17.6 Å². The molecule has 154 valence electrons. The number of thiazole rings is 1. The summed E-state index contributed by atoms with van der Waals surface area (Å²) in [6.07, 6.45) is 1.24. The Bertz CT molecular complexity index is 1090. The minimum atomic E-state index is -0.697. The van der Waals surface area contributed by atoms with E-state index in [0.717, 1.165) is 22.6 Å². The summed E-state index contributed by atoms with van der Waals surface area (Å²) in [5, 5.41) is 5.81. The van der Waals surface area contributed by atoms with E-state index in [4.69, 9.17) is 0 Å². The molecule has 0 saturated carbocycles. The van der Waals surface area contributed by atoms with Crippen molar-refractivity contribution in [3.63, 3.8) is 0 Å². The number of fused-ring (bicyclic) bond motifs is 1. The summed E-state index contributed by atoms with van der Waals surface area (Å²) in [6, 6.07) is 10.8. The lowest BCUT2D eigenvalue weighted by Crippen LogP contribution is -2.29. The number of carbonyl (C=O) groups excluding carboxylic acids is 2. The van der Waals surface area contributed by atoms with Gasteiger partial charge in [-0.2, -0.15) is 0 Å². The highest BCUT2D eigenvalue weighted by atomic mass is 32.1. The van der Waals surface area contributed by atoms with Crippen molar-refractivity contribution in [2.75, 3.05) is 5.32 Å². The minimum Gasteiger partial charge on any atom is -0.351 e. The zero-order chi connectivity index (χ0) is 21.3. The number of nitrogens with zero attached hydrogens (tertiary/aromatic N) is 1. The summed E-state index contributed by atoms with van der Waals surface area (Å²) >= 11 is 1.35. The van der Waals surface area contributed by atoms with Crippen LogP contribution in [-0.2, 0) is 17.8 Å². The van der Waals surface area contributed by atoms with E-state index in [-0.39, 0.29) is 23.9 Å². The second kappa shape index (κ2) is 8.31. The summed E-state index contributed by atoms with van der Waals surface area (Å²) in [7, 11) is 0. The molecule has 1 aliphatic carbocycles. The number of nitrogens with one attached hydrogen (secondary N) is 2. The Labute approximate surface area is 176 Å². The number of amides is 2. The molecule has 0 bridgehead atoms. The normalized spacial score (nSPS) is 15.0. The molecule has 1 atom stereocenters. The summed E-state index contributed by atoms with van der Waals surface area (Å²) in [6.45, 7) is 1.71. The molecule has 2 amide bonds. The lowest BCUT2D eigenvalue weighted by atomic mass is 10.1. The maximum Gasteiger partial charge on any atom is 0.257 e. The third-order valence-corrected chi connectivity index (χ3v) is 6.12. The van der Waals surface area contributed by atoms with Gasteiger partial charge in [-0.05, 0) is 44.0 Å². The van der Waals surface area contributed by atoms with Gasteiger partial charge in [0.1, 0.15) is 11.6 Å². The summed E-state index contributed by atoms with van der Waals surface area (Å²) in [5.74, 6) is -2.50. The molecule has 1 heterocycles. The van der Waals surface area contributed by atoms with Crippen LogP contribution in [0.5, 0.6) is 0 Å². The first kappa shape index (κ1) is 20.2. The second-order valence-electron chi connectivity index (χ2n) is 7.16. The predicted molar refractivity (Wildman–Crippen MR) is 111 cm³/mol. The van der Waals surface area contributed by atoms with Gasteiger partial charge in [0.2, 0.25) is 5.91 Å². The number of benzene rings is 2. The molecule has 0 saturated heterocycles. The van der Waals surface area contributed by atoms with Crippen LogP contribution in [-0.4, -0.2) is 16.8 Å². The average Bonchev–Trinajstić information content (AvgIpc) is 3.28. The Balaban J connectivity index is 1.43. The topological polar surface area (TPSA) is 71.1 Å². The Morgan fingerprint density at radius 3 is 2.53 bits per heavy atom. The summed E-state index contributed by atoms with van der Waals surface area (Å²) in [5.41, 5.74) is 2.03. The number of aromatic nitrogens is 1. The standard InChI is InChI=1S/C22H19F2N3O2S/c1-12-5-7-13(8-6-12)20(28)27-22-26-19-14(9-10-18(19)30-22)21(29)25-11-15-16(23)3-2-4-17(15)24/h2-8,14H,9-11H2,1H3,(H,25,29)(H,26,27,28). The molecule has 1 aliphatic rings. The van der Waals surface area contributed by atoms with E-state index in [1.807, 2.05) is 19.1 Å². The van der Waals surface area contributed by atoms with Gasteiger partial charge in [-0.1, -0.05) is 23.8 Å². The molecule has 1 unspecified atom stereocenters. The molecular formula is C22H19F2N3O2S. The molecule has 8 heteroatoms. The van der Waals surface area contributed by atoms with Gasteiger partial charge in [0.05, 0.1) is 11.6 Å². The number of anilines is 1. The molecular weight excluding hydrogens is 408 g/mol. The zero-order valence-electron chi connectivity index (χ0n) is 16.2. The van der Waals surface area contributed by atoms with Crippen molar-refractivity contribution in [1.82, 2.24) is 10.3 Å². The molecule has 0 aliphatic heterocycles. The Morgan fingerprint density at radius 1 is 1.13 bits per heavy atom. The number of carbonyl (C=O) groups is 2. The first-order valence-electron chi connectivity index (χ1n) is 9.50. The van der Waals surface area contributed by atoms with Crippen LogP contribution < -0.4 is 10.6 Å². The van der Waals surface area contributed by atoms with Crippen molar-refractivity contribution in [3.8, 4) is 0 Å². The smallest absolute Gasteiger partial charge is 0.257 e. The highest BCUT2D eigenvalue weighted by Crippen LogP contribution is 2.38. The molecule has 0 spiro atoms. The van der Waals surface area contributed by atoms with E-state index >= 15 is 0 Å². The largest absolute Gasteiger partial charge is 0.351 e. The van der Waals surface area contributed by atoms with Crippen LogP contribution in [0.1, 0.15) is 44.4 Å². The van der Waals surface area contributed by atoms with Gasteiger partial charge in [0.25, 0.3) is 5.91 Å². The number of hydrogen-bond acceptors (Lipinski definition) is 4. The van der Waals surface area contributed by atoms with E-state index in [2.05, 4.69) is 15.6 Å². The van der Waals surface area contributed by atoms with Crippen LogP contribution in [0.25, 0.3) is 0 Å². The van der Waals surface area contributed by atoms with E-state index in [0.29, 0.717) is 29.2 Å². The van der Waals surface area contributed by atoms with Gasteiger partial charge in [0, 0.05) is 22.5 Å². The zero-order valence-corrected chi connectivity index (χ0v) is 17.0. The molecule has 2 aromatic carbocycles. The first-order chi connectivity index (χ1) is 14.4. The monoisotopic (exact) mass is 427 g/mol. The highest BCUT2D eigenvalue weighted by Gasteiger charge is 2.33. The Morgan fingerprint density at radius 2 is 1.83 bits per heavy atom. The molecule has 1 aromatic heterocycles. The maximum atomic E-state index is 13.8. The fourth-order valence-corrected chi connectivity index (χ4v) is 4.44. The molecule has 4 rings (SSSR count). The van der Waals surface area contributed by atoms with Crippen LogP contribution in [0.15, 0.2) is 42.5 Å². The Kier molecular flexibility index (Phi) is 5.59. The molecule has 30 heavy (non-hydrogen) atoms. The van der Waals surface area contributed by atoms with Gasteiger partial charge in [0.15, 0.2) is 5.13 Å². The van der Waals surface area contributed by atoms with Crippen molar-refractivity contribution in [1.29, 1.82) is 0 Å². The highest BCUT2D eigenvalue weighted by molar-refractivity contribution is 7.16. The van der Waals surface area contributed by atoms with Crippen molar-refractivity contribution < 1.29 is 18.4 Å². The van der Waals surface area contributed by atoms with E-state index in [1.165, 1.54) is 17.4 Å². The number of halogens is 2. The van der Waals surface area contributed by atoms with Crippen molar-refractivity contribution in [2.45, 2.75) is 32.2 Å². The molecule has 3 aromatic rings. The van der Waals surface area contributed by atoms with Crippen LogP contribution >= 0.6 is 11.3 Å².